The highest BCUT2D eigenvalue weighted by atomic mass is 16.5. The van der Waals surface area contributed by atoms with E-state index >= 15 is 0 Å². The summed E-state index contributed by atoms with van der Waals surface area (Å²) in [5.41, 5.74) is 4.07. The number of nitrogens with zero attached hydrogens (tertiary/aromatic N) is 4. The number of rotatable bonds is 7. The van der Waals surface area contributed by atoms with Gasteiger partial charge in [-0.25, -0.2) is 10.1 Å². The zero-order valence-corrected chi connectivity index (χ0v) is 16.2. The lowest BCUT2D eigenvalue weighted by Gasteiger charge is -2.08. The highest BCUT2D eigenvalue weighted by Crippen LogP contribution is 2.26. The SMILES string of the molecule is COc1ccc2ccccc2c1/C=N/NC(=O)COc1ncn(-c2ccccc2)n1. The summed E-state index contributed by atoms with van der Waals surface area (Å²) in [4.78, 5) is 16.1. The van der Waals surface area contributed by atoms with Crippen LogP contribution in [0, 0.1) is 0 Å². The van der Waals surface area contributed by atoms with E-state index < -0.39 is 5.91 Å². The second-order valence-electron chi connectivity index (χ2n) is 6.29. The van der Waals surface area contributed by atoms with Gasteiger partial charge < -0.3 is 9.47 Å². The maximum absolute atomic E-state index is 12.1. The average Bonchev–Trinajstić information content (AvgIpc) is 3.27. The van der Waals surface area contributed by atoms with E-state index in [0.29, 0.717) is 5.75 Å². The summed E-state index contributed by atoms with van der Waals surface area (Å²) in [5, 5.41) is 10.2. The summed E-state index contributed by atoms with van der Waals surface area (Å²) < 4.78 is 12.3. The van der Waals surface area contributed by atoms with Crippen LogP contribution in [0.2, 0.25) is 0 Å². The number of ether oxygens (including phenoxy) is 2. The quantitative estimate of drug-likeness (QED) is 0.380. The van der Waals surface area contributed by atoms with E-state index in [1.165, 1.54) is 6.33 Å². The largest absolute Gasteiger partial charge is 0.496 e. The van der Waals surface area contributed by atoms with Gasteiger partial charge in [0.05, 0.1) is 19.0 Å². The van der Waals surface area contributed by atoms with Gasteiger partial charge in [0.1, 0.15) is 12.1 Å². The van der Waals surface area contributed by atoms with Gasteiger partial charge in [-0.2, -0.15) is 10.1 Å². The second kappa shape index (κ2) is 8.87. The highest BCUT2D eigenvalue weighted by molar-refractivity contribution is 6.02. The molecular formula is C22H19N5O3. The third-order valence-corrected chi connectivity index (χ3v) is 4.36. The fourth-order valence-corrected chi connectivity index (χ4v) is 2.94. The van der Waals surface area contributed by atoms with Gasteiger partial charge in [0.2, 0.25) is 0 Å². The summed E-state index contributed by atoms with van der Waals surface area (Å²) in [5.74, 6) is 0.236. The number of amides is 1. The number of hydrogen-bond donors (Lipinski definition) is 1. The Hall–Kier alpha value is -4.20. The molecule has 1 N–H and O–H groups in total. The number of hydrogen-bond acceptors (Lipinski definition) is 6. The van der Waals surface area contributed by atoms with Crippen LogP contribution < -0.4 is 14.9 Å². The molecule has 1 heterocycles. The Balaban J connectivity index is 1.37. The van der Waals surface area contributed by atoms with Crippen LogP contribution in [-0.2, 0) is 4.79 Å². The zero-order chi connectivity index (χ0) is 20.8. The number of para-hydroxylation sites is 1. The number of methoxy groups -OCH3 is 1. The molecule has 150 valence electrons. The lowest BCUT2D eigenvalue weighted by Crippen LogP contribution is -2.25. The van der Waals surface area contributed by atoms with Crippen molar-refractivity contribution in [1.29, 1.82) is 0 Å². The molecule has 8 heteroatoms. The third kappa shape index (κ3) is 4.27. The first-order chi connectivity index (χ1) is 14.7. The van der Waals surface area contributed by atoms with Crippen molar-refractivity contribution in [3.63, 3.8) is 0 Å². The van der Waals surface area contributed by atoms with E-state index in [-0.39, 0.29) is 12.6 Å². The Labute approximate surface area is 172 Å². The number of aromatic nitrogens is 3. The molecule has 0 aliphatic carbocycles. The van der Waals surface area contributed by atoms with Gasteiger partial charge in [-0.15, -0.1) is 5.10 Å². The second-order valence-corrected chi connectivity index (χ2v) is 6.29. The predicted octanol–water partition coefficient (Wildman–Crippen LogP) is 2.96. The maximum Gasteiger partial charge on any atom is 0.336 e. The molecule has 0 aliphatic heterocycles. The summed E-state index contributed by atoms with van der Waals surface area (Å²) in [7, 11) is 1.59. The molecule has 0 atom stereocenters. The van der Waals surface area contributed by atoms with Crippen molar-refractivity contribution in [2.24, 2.45) is 5.10 Å². The zero-order valence-electron chi connectivity index (χ0n) is 16.2. The van der Waals surface area contributed by atoms with Crippen molar-refractivity contribution >= 4 is 22.9 Å². The number of carbonyl (C=O) groups excluding carboxylic acids is 1. The number of benzene rings is 3. The number of hydrazone groups is 1. The van der Waals surface area contributed by atoms with Crippen LogP contribution in [0.15, 0.2) is 78.2 Å². The third-order valence-electron chi connectivity index (χ3n) is 4.36. The minimum Gasteiger partial charge on any atom is -0.496 e. The van der Waals surface area contributed by atoms with Crippen LogP contribution in [0.25, 0.3) is 16.5 Å². The maximum atomic E-state index is 12.1. The molecule has 0 radical (unpaired) electrons. The van der Waals surface area contributed by atoms with Gasteiger partial charge in [0.15, 0.2) is 6.61 Å². The van der Waals surface area contributed by atoms with Gasteiger partial charge in [0, 0.05) is 5.56 Å². The molecule has 8 nitrogen and oxygen atoms in total. The molecule has 30 heavy (non-hydrogen) atoms. The monoisotopic (exact) mass is 401 g/mol. The molecule has 0 saturated carbocycles. The molecule has 0 unspecified atom stereocenters. The van der Waals surface area contributed by atoms with Gasteiger partial charge in [-0.05, 0) is 29.0 Å². The van der Waals surface area contributed by atoms with E-state index in [9.17, 15) is 4.79 Å². The van der Waals surface area contributed by atoms with Crippen LogP contribution in [0.4, 0.5) is 0 Å². The minimum absolute atomic E-state index is 0.105. The Morgan fingerprint density at radius 3 is 2.73 bits per heavy atom. The fourth-order valence-electron chi connectivity index (χ4n) is 2.94. The van der Waals surface area contributed by atoms with Crippen LogP contribution in [-0.4, -0.2) is 40.6 Å². The van der Waals surface area contributed by atoms with E-state index in [4.69, 9.17) is 9.47 Å². The van der Waals surface area contributed by atoms with Crippen molar-refractivity contribution in [2.45, 2.75) is 0 Å². The van der Waals surface area contributed by atoms with E-state index in [2.05, 4.69) is 20.6 Å². The molecule has 1 amide bonds. The van der Waals surface area contributed by atoms with Gasteiger partial charge in [-0.1, -0.05) is 48.5 Å². The topological polar surface area (TPSA) is 90.6 Å². The summed E-state index contributed by atoms with van der Waals surface area (Å²) >= 11 is 0. The summed E-state index contributed by atoms with van der Waals surface area (Å²) in [6.45, 7) is -0.261. The van der Waals surface area contributed by atoms with Gasteiger partial charge in [0.25, 0.3) is 5.91 Å². The summed E-state index contributed by atoms with van der Waals surface area (Å²) in [6.07, 6.45) is 3.08. The molecule has 0 spiro atoms. The number of carbonyl (C=O) groups is 1. The van der Waals surface area contributed by atoms with E-state index in [1.54, 1.807) is 18.0 Å². The average molecular weight is 401 g/mol. The lowest BCUT2D eigenvalue weighted by molar-refractivity contribution is -0.123. The molecule has 0 saturated heterocycles. The molecular weight excluding hydrogens is 382 g/mol. The van der Waals surface area contributed by atoms with Crippen molar-refractivity contribution < 1.29 is 14.3 Å². The van der Waals surface area contributed by atoms with E-state index in [0.717, 1.165) is 22.0 Å². The standard InChI is InChI=1S/C22H19N5O3/c1-29-20-12-11-16-7-5-6-10-18(16)19(20)13-24-25-21(28)14-30-22-23-15-27(26-22)17-8-3-2-4-9-17/h2-13,15H,14H2,1H3,(H,25,28)/b24-13+. The van der Waals surface area contributed by atoms with Crippen molar-refractivity contribution in [3.05, 3.63) is 78.6 Å². The number of nitrogens with one attached hydrogen (secondary N) is 1. The first-order valence-corrected chi connectivity index (χ1v) is 9.22. The van der Waals surface area contributed by atoms with Gasteiger partial charge >= 0.3 is 6.01 Å². The van der Waals surface area contributed by atoms with Crippen LogP contribution in [0.5, 0.6) is 11.8 Å². The Kier molecular flexibility index (Phi) is 5.66. The van der Waals surface area contributed by atoms with Crippen LogP contribution in [0.3, 0.4) is 0 Å². The first-order valence-electron chi connectivity index (χ1n) is 9.22. The fraction of sp³-hybridized carbons (Fsp3) is 0.0909. The molecule has 1 aromatic heterocycles. The molecule has 4 aromatic rings. The van der Waals surface area contributed by atoms with Crippen molar-refractivity contribution in [3.8, 4) is 17.4 Å². The molecule has 3 aromatic carbocycles. The van der Waals surface area contributed by atoms with E-state index in [1.807, 2.05) is 66.7 Å². The Bertz CT molecular complexity index is 1190. The predicted molar refractivity (Wildman–Crippen MR) is 113 cm³/mol. The van der Waals surface area contributed by atoms with Crippen LogP contribution >= 0.6 is 0 Å². The highest BCUT2D eigenvalue weighted by Gasteiger charge is 2.08. The smallest absolute Gasteiger partial charge is 0.336 e. The molecule has 0 aliphatic rings. The Morgan fingerprint density at radius 2 is 1.90 bits per heavy atom. The lowest BCUT2D eigenvalue weighted by atomic mass is 10.0. The Morgan fingerprint density at radius 1 is 1.10 bits per heavy atom. The normalized spacial score (nSPS) is 11.0. The molecule has 0 bridgehead atoms. The van der Waals surface area contributed by atoms with Crippen molar-refractivity contribution in [2.75, 3.05) is 13.7 Å². The molecule has 0 fully saturated rings. The van der Waals surface area contributed by atoms with Crippen molar-refractivity contribution in [1.82, 2.24) is 20.2 Å². The minimum atomic E-state index is -0.429. The number of fused-ring (bicyclic) bond motifs is 1. The summed E-state index contributed by atoms with van der Waals surface area (Å²) in [6, 6.07) is 21.3. The molecule has 4 rings (SSSR count). The van der Waals surface area contributed by atoms with Gasteiger partial charge in [-0.3, -0.25) is 4.79 Å². The van der Waals surface area contributed by atoms with Crippen LogP contribution in [0.1, 0.15) is 5.56 Å². The first kappa shape index (κ1) is 19.1.